The van der Waals surface area contributed by atoms with Crippen molar-refractivity contribution in [1.82, 2.24) is 19.9 Å². The topological polar surface area (TPSA) is 115 Å². The molecular formula is C20H22F3N7O3. The number of anilines is 2. The van der Waals surface area contributed by atoms with Crippen molar-refractivity contribution in [3.8, 4) is 5.75 Å². The van der Waals surface area contributed by atoms with E-state index in [4.69, 9.17) is 9.47 Å². The van der Waals surface area contributed by atoms with E-state index in [0.29, 0.717) is 30.0 Å². The highest BCUT2D eigenvalue weighted by molar-refractivity contribution is 6.03. The van der Waals surface area contributed by atoms with Gasteiger partial charge in [-0.05, 0) is 13.8 Å². The zero-order chi connectivity index (χ0) is 23.9. The number of aryl methyl sites for hydroxylation is 1. The maximum absolute atomic E-state index is 12.6. The average Bonchev–Trinajstić information content (AvgIpc) is 2.72. The van der Waals surface area contributed by atoms with Crippen LogP contribution in [0.25, 0.3) is 0 Å². The van der Waals surface area contributed by atoms with Crippen LogP contribution >= 0.6 is 0 Å². The molecule has 176 valence electrons. The molecule has 1 aliphatic heterocycles. The van der Waals surface area contributed by atoms with E-state index >= 15 is 0 Å². The van der Waals surface area contributed by atoms with Gasteiger partial charge in [-0.3, -0.25) is 4.79 Å². The van der Waals surface area contributed by atoms with Gasteiger partial charge in [0.25, 0.3) is 5.95 Å². The highest BCUT2D eigenvalue weighted by atomic mass is 19.4. The van der Waals surface area contributed by atoms with Crippen molar-refractivity contribution in [3.63, 3.8) is 0 Å². The van der Waals surface area contributed by atoms with Crippen molar-refractivity contribution >= 4 is 29.1 Å². The highest BCUT2D eigenvalue weighted by Gasteiger charge is 2.38. The molecule has 2 aliphatic rings. The smallest absolute Gasteiger partial charge is 0.451 e. The molecule has 1 fully saturated rings. The fourth-order valence-electron chi connectivity index (χ4n) is 3.65. The van der Waals surface area contributed by atoms with Gasteiger partial charge in [0.1, 0.15) is 17.8 Å². The minimum Gasteiger partial charge on any atom is -0.486 e. The fraction of sp³-hybridized carbons (Fsp3) is 0.500. The van der Waals surface area contributed by atoms with Crippen LogP contribution in [0.3, 0.4) is 0 Å². The van der Waals surface area contributed by atoms with Crippen LogP contribution < -0.4 is 15.0 Å². The van der Waals surface area contributed by atoms with Crippen LogP contribution in [-0.2, 0) is 15.7 Å². The van der Waals surface area contributed by atoms with Gasteiger partial charge in [-0.1, -0.05) is 0 Å². The third kappa shape index (κ3) is 4.58. The lowest BCUT2D eigenvalue weighted by atomic mass is 9.93. The average molecular weight is 465 g/mol. The van der Waals surface area contributed by atoms with Gasteiger partial charge in [-0.15, -0.1) is 0 Å². The number of methoxy groups -OCH3 is 1. The van der Waals surface area contributed by atoms with Gasteiger partial charge in [-0.25, -0.2) is 19.9 Å². The molecule has 10 nitrogen and oxygen atoms in total. The monoisotopic (exact) mass is 465 g/mol. The molecule has 0 unspecified atom stereocenters. The Balaban J connectivity index is 1.44. The molecule has 2 aromatic heterocycles. The number of rotatable bonds is 5. The van der Waals surface area contributed by atoms with Crippen molar-refractivity contribution in [1.29, 1.82) is 0 Å². The van der Waals surface area contributed by atoms with Crippen LogP contribution in [0, 0.1) is 6.92 Å². The summed E-state index contributed by atoms with van der Waals surface area (Å²) in [5, 5.41) is 2.84. The quantitative estimate of drug-likeness (QED) is 0.717. The molecule has 1 amide bonds. The van der Waals surface area contributed by atoms with E-state index in [0.717, 1.165) is 18.1 Å². The maximum Gasteiger partial charge on any atom is 0.451 e. The number of likely N-dealkylation sites (N-methyl/N-ethyl adjacent to an activating group) is 1. The molecule has 1 saturated carbocycles. The number of aliphatic imine (C=N–C) groups is 1. The minimum atomic E-state index is -4.60. The van der Waals surface area contributed by atoms with E-state index in [9.17, 15) is 18.0 Å². The molecular weight excluding hydrogens is 443 g/mol. The summed E-state index contributed by atoms with van der Waals surface area (Å²) in [6.45, 7) is 3.56. The molecule has 0 aromatic carbocycles. The Labute approximate surface area is 187 Å². The molecule has 2 aromatic rings. The van der Waals surface area contributed by atoms with E-state index in [1.807, 2.05) is 0 Å². The number of hydrogen-bond donors (Lipinski definition) is 1. The van der Waals surface area contributed by atoms with Crippen molar-refractivity contribution in [3.05, 3.63) is 23.9 Å². The first-order valence-corrected chi connectivity index (χ1v) is 10.1. The number of aromatic nitrogens is 4. The second-order valence-corrected chi connectivity index (χ2v) is 7.86. The predicted octanol–water partition coefficient (Wildman–Crippen LogP) is 2.70. The molecule has 3 heterocycles. The maximum atomic E-state index is 12.6. The molecule has 33 heavy (non-hydrogen) atoms. The Morgan fingerprint density at radius 1 is 1.24 bits per heavy atom. The third-order valence-corrected chi connectivity index (χ3v) is 5.51. The normalized spacial score (nSPS) is 21.1. The van der Waals surface area contributed by atoms with Gasteiger partial charge in [0.2, 0.25) is 11.7 Å². The fourth-order valence-corrected chi connectivity index (χ4v) is 3.65. The number of alkyl halides is 3. The van der Waals surface area contributed by atoms with Crippen LogP contribution in [0.2, 0.25) is 0 Å². The van der Waals surface area contributed by atoms with E-state index in [-0.39, 0.29) is 29.8 Å². The summed E-state index contributed by atoms with van der Waals surface area (Å²) in [4.78, 5) is 34.2. The number of halogens is 3. The second kappa shape index (κ2) is 8.54. The lowest BCUT2D eigenvalue weighted by Gasteiger charge is -2.37. The van der Waals surface area contributed by atoms with Crippen LogP contribution in [0.4, 0.5) is 30.6 Å². The number of hydrogen-bond acceptors (Lipinski definition) is 9. The van der Waals surface area contributed by atoms with Gasteiger partial charge in [0, 0.05) is 32.7 Å². The van der Waals surface area contributed by atoms with Gasteiger partial charge < -0.3 is 19.7 Å². The van der Waals surface area contributed by atoms with Crippen LogP contribution in [-0.4, -0.2) is 64.0 Å². The Morgan fingerprint density at radius 2 is 1.91 bits per heavy atom. The summed E-state index contributed by atoms with van der Waals surface area (Å²) < 4.78 is 48.6. The first-order valence-electron chi connectivity index (χ1n) is 10.1. The van der Waals surface area contributed by atoms with E-state index in [1.165, 1.54) is 7.11 Å². The van der Waals surface area contributed by atoms with Gasteiger partial charge in [0.15, 0.2) is 11.6 Å². The lowest BCUT2D eigenvalue weighted by Crippen LogP contribution is -2.53. The SMILES string of the molecule is CO[C@@H](C)[C@H]1C(=O)Nc2c(C)nc(N=C3CC(Oc4cnc(C(F)(F)F)nc4)C3)nc2N1C. The third-order valence-electron chi connectivity index (χ3n) is 5.51. The van der Waals surface area contributed by atoms with Crippen LogP contribution in [0.5, 0.6) is 5.75 Å². The highest BCUT2D eigenvalue weighted by Crippen LogP contribution is 2.35. The molecule has 1 aliphatic carbocycles. The lowest BCUT2D eigenvalue weighted by molar-refractivity contribution is -0.145. The second-order valence-electron chi connectivity index (χ2n) is 7.86. The zero-order valence-electron chi connectivity index (χ0n) is 18.3. The Hall–Kier alpha value is -3.35. The molecule has 1 N–H and O–H groups in total. The van der Waals surface area contributed by atoms with Crippen molar-refractivity contribution in [2.24, 2.45) is 4.99 Å². The summed E-state index contributed by atoms with van der Waals surface area (Å²) in [6, 6.07) is -0.551. The standard InChI is InChI=1S/C20H22F3N7O3/c1-9-14-16(30(3)15(10(2)32-4)17(31)28-14)29-19(26-9)27-11-5-12(6-11)33-13-7-24-18(25-8-13)20(21,22)23/h7-8,10,12,15H,5-6H2,1-4H3,(H,28,31)/t10-,12?,15-/m0/s1. The molecule has 0 saturated heterocycles. The number of nitrogens with zero attached hydrogens (tertiary/aromatic N) is 6. The van der Waals surface area contributed by atoms with Crippen molar-refractivity contribution in [2.75, 3.05) is 24.4 Å². The number of amides is 1. The van der Waals surface area contributed by atoms with Crippen LogP contribution in [0.1, 0.15) is 31.3 Å². The Morgan fingerprint density at radius 3 is 2.52 bits per heavy atom. The number of ether oxygens (including phenoxy) is 2. The van der Waals surface area contributed by atoms with E-state index in [1.54, 1.807) is 25.8 Å². The number of carbonyl (C=O) groups is 1. The number of carbonyl (C=O) groups excluding carboxylic acids is 1. The summed E-state index contributed by atoms with van der Waals surface area (Å²) in [6.07, 6.45) is -2.26. The molecule has 0 bridgehead atoms. The Kier molecular flexibility index (Phi) is 5.91. The first-order chi connectivity index (χ1) is 15.6. The van der Waals surface area contributed by atoms with Crippen molar-refractivity contribution in [2.45, 2.75) is 51.1 Å². The van der Waals surface area contributed by atoms with E-state index < -0.39 is 18.0 Å². The van der Waals surface area contributed by atoms with Gasteiger partial charge in [-0.2, -0.15) is 18.2 Å². The van der Waals surface area contributed by atoms with E-state index in [2.05, 4.69) is 30.2 Å². The zero-order valence-corrected chi connectivity index (χ0v) is 18.3. The van der Waals surface area contributed by atoms with Gasteiger partial charge in [0.05, 0.1) is 24.2 Å². The minimum absolute atomic E-state index is 0.156. The summed E-state index contributed by atoms with van der Waals surface area (Å²) in [7, 11) is 3.30. The number of fused-ring (bicyclic) bond motifs is 1. The molecule has 2 atom stereocenters. The number of nitrogens with one attached hydrogen (secondary N) is 1. The summed E-state index contributed by atoms with van der Waals surface area (Å²) in [5.74, 6) is -0.456. The molecule has 0 radical (unpaired) electrons. The van der Waals surface area contributed by atoms with Crippen LogP contribution in [0.15, 0.2) is 17.4 Å². The molecule has 4 rings (SSSR count). The van der Waals surface area contributed by atoms with Gasteiger partial charge >= 0.3 is 6.18 Å². The first kappa shape index (κ1) is 22.8. The summed E-state index contributed by atoms with van der Waals surface area (Å²) >= 11 is 0. The predicted molar refractivity (Wildman–Crippen MR) is 112 cm³/mol. The molecule has 13 heteroatoms. The Bertz CT molecular complexity index is 1080. The van der Waals surface area contributed by atoms with Crippen molar-refractivity contribution < 1.29 is 27.4 Å². The largest absolute Gasteiger partial charge is 0.486 e. The summed E-state index contributed by atoms with van der Waals surface area (Å²) in [5.41, 5.74) is 1.90. The molecule has 0 spiro atoms.